The number of carbonyl (C=O) groups is 8. The molecule has 4 aliphatic rings. The molecule has 8 heterocycles. The van der Waals surface area contributed by atoms with Crippen LogP contribution in [0, 0.1) is 0 Å². The van der Waals surface area contributed by atoms with Crippen molar-refractivity contribution < 1.29 is 247 Å². The second-order valence-electron chi connectivity index (χ2n) is 22.9. The minimum atomic E-state index is -0.528. The van der Waals surface area contributed by atoms with Gasteiger partial charge in [0.1, 0.15) is 59.7 Å². The minimum Gasteiger partial charge on any atom is -1.00 e. The number of nitrogens with zero attached hydrogens (tertiary/aromatic N) is 11. The maximum absolute atomic E-state index is 12.3. The molecular weight excluding hydrogens is 1860 g/mol. The molecule has 2 N–H and O–H groups in total. The fourth-order valence-electron chi connectivity index (χ4n) is 9.12. The summed E-state index contributed by atoms with van der Waals surface area (Å²) in [5.41, 5.74) is 7.24. The Balaban J connectivity index is -0.000000174. The van der Waals surface area contributed by atoms with E-state index < -0.39 is 17.2 Å². The van der Waals surface area contributed by atoms with Gasteiger partial charge in [-0.1, -0.05) is 45.6 Å². The van der Waals surface area contributed by atoms with Crippen LogP contribution in [0.15, 0.2) is 18.4 Å². The van der Waals surface area contributed by atoms with E-state index in [0.717, 1.165) is 73.6 Å². The number of fused-ring (bicyclic) bond motifs is 4. The molecule has 4 aromatic heterocycles. The predicted octanol–water partition coefficient (Wildman–Crippen LogP) is 0.779. The molecule has 4 aliphatic heterocycles. The zero-order valence-electron chi connectivity index (χ0n) is 59.2. The summed E-state index contributed by atoms with van der Waals surface area (Å²) in [5.74, 6) is -0.110. The monoisotopic (exact) mass is 1950 g/mol. The Labute approximate surface area is 766 Å². The zero-order valence-corrected chi connectivity index (χ0v) is 79.6. The first-order valence-corrected chi connectivity index (χ1v) is 32.8. The van der Waals surface area contributed by atoms with Crippen LogP contribution in [0.1, 0.15) is 186 Å². The van der Waals surface area contributed by atoms with Gasteiger partial charge in [-0.25, -0.2) is 9.59 Å². The molecule has 0 aromatic carbocycles. The Morgan fingerprint density at radius 2 is 0.939 bits per heavy atom. The molecule has 4 unspecified atom stereocenters. The second-order valence-corrected chi connectivity index (χ2v) is 27.3. The van der Waals surface area contributed by atoms with Crippen LogP contribution in [0.25, 0.3) is 0 Å². The molecule has 4 atom stereocenters. The van der Waals surface area contributed by atoms with Gasteiger partial charge < -0.3 is 61.4 Å². The number of halogens is 5. The number of aromatic amines is 1. The maximum atomic E-state index is 12.3. The van der Waals surface area contributed by atoms with Crippen molar-refractivity contribution in [3.63, 3.8) is 0 Å². The van der Waals surface area contributed by atoms with Crippen molar-refractivity contribution in [1.82, 2.24) is 59.1 Å². The van der Waals surface area contributed by atoms with Gasteiger partial charge in [-0.05, 0) is 140 Å². The Kier molecular flexibility index (Phi) is 58.8. The molecule has 28 nitrogen and oxygen atoms in total. The first kappa shape index (κ1) is 109. The standard InChI is InChI=1S/C16H24BrN3O4.C13H18BrN3O3.2C11H16BrN3O2.C5H9BrO2.CH2O3.4CH4.B.2Cs.Na.2H/c1-10(13(21)9-23-5)20-12-6-7-19(8-11(12)14(17)18-20)15(22)24-16(2,3)4;1-8(12(19)7-20-3)17-11-4-5-16(9(2)18)6-10(11)13(14)15-17;1-11(2,3)17-10(16)15-5-4-8-7(6-15)9(12)14-13-8;1-7(6-16)15-10-3-4-14(8(2)17)5-9(10)11(12)13-15;1-3-8-5(7)4(2)6;2-1-4-3;;;;;;;;;;/h10H,6-9H2,1-5H3;8H,4-7H2,1-3H3;4-6H2,1-3H3,(H,13,14);7,16H,3-6H2,1-2H3;4H,3H2,1-2H3;1,3H;4*1H4;;;;;;/q;;;;;;;;;;;3*+1;2*-1/p-1. The van der Waals surface area contributed by atoms with Crippen molar-refractivity contribution in [1.29, 1.82) is 0 Å². The van der Waals surface area contributed by atoms with E-state index in [9.17, 15) is 38.7 Å². The number of Topliss-reactive ketones (excluding diaryl/α,β-unsaturated/α-hetero) is 2. The van der Waals surface area contributed by atoms with Crippen molar-refractivity contribution in [2.24, 2.45) is 0 Å². The van der Waals surface area contributed by atoms with Crippen molar-refractivity contribution in [3.05, 3.63) is 63.4 Å². The molecule has 0 bridgehead atoms. The number of nitrogens with one attached hydrogen (secondary N) is 1. The number of aliphatic hydroxyl groups is 1. The average Bonchev–Trinajstić information content (AvgIpc) is 1.65. The van der Waals surface area contributed by atoms with Crippen molar-refractivity contribution in [2.75, 3.05) is 66.8 Å². The number of amides is 4. The van der Waals surface area contributed by atoms with Gasteiger partial charge in [-0.15, -0.1) is 0 Å². The van der Waals surface area contributed by atoms with Crippen LogP contribution in [-0.4, -0.2) is 204 Å². The number of esters is 1. The van der Waals surface area contributed by atoms with Crippen LogP contribution in [0.2, 0.25) is 0 Å². The van der Waals surface area contributed by atoms with Gasteiger partial charge in [0.05, 0.1) is 45.4 Å². The molecule has 37 heteroatoms. The van der Waals surface area contributed by atoms with Crippen LogP contribution >= 0.6 is 79.6 Å². The molecule has 8 rings (SSSR count). The molecule has 0 saturated heterocycles. The Morgan fingerprint density at radius 3 is 1.24 bits per heavy atom. The summed E-state index contributed by atoms with van der Waals surface area (Å²) in [4.78, 5) is 99.5. The van der Waals surface area contributed by atoms with Gasteiger partial charge in [0.15, 0.2) is 11.6 Å². The molecule has 0 aliphatic carbocycles. The number of rotatable bonds is 13. The Morgan fingerprint density at radius 1 is 0.612 bits per heavy atom. The van der Waals surface area contributed by atoms with Crippen LogP contribution < -0.4 is 173 Å². The number of hydrogen-bond donors (Lipinski definition) is 2. The quantitative estimate of drug-likeness (QED) is 0.0355. The van der Waals surface area contributed by atoms with Gasteiger partial charge in [0.25, 0.3) is 6.47 Å². The van der Waals surface area contributed by atoms with Crippen molar-refractivity contribution >= 4 is 136 Å². The van der Waals surface area contributed by atoms with E-state index in [4.69, 9.17) is 29.0 Å². The third-order valence-electron chi connectivity index (χ3n) is 13.8. The molecule has 0 saturated carbocycles. The van der Waals surface area contributed by atoms with Gasteiger partial charge in [0.2, 0.25) is 11.8 Å². The van der Waals surface area contributed by atoms with E-state index in [1.54, 1.807) is 58.7 Å². The second kappa shape index (κ2) is 52.9. The number of hydrogen-bond acceptors (Lipinski definition) is 20. The zero-order chi connectivity index (χ0) is 68.1. The number of aromatic nitrogens is 8. The van der Waals surface area contributed by atoms with Gasteiger partial charge in [-0.2, -0.15) is 20.4 Å². The summed E-state index contributed by atoms with van der Waals surface area (Å²) in [7, 11) is 3.00. The van der Waals surface area contributed by atoms with E-state index in [2.05, 4.69) is 115 Å². The number of carbonyl (C=O) groups excluding carboxylic acids is 8. The number of alkyl halides is 1. The van der Waals surface area contributed by atoms with E-state index in [0.29, 0.717) is 74.5 Å². The third-order valence-corrected chi connectivity index (χ3v) is 16.7. The van der Waals surface area contributed by atoms with Crippen molar-refractivity contribution in [2.45, 2.75) is 206 Å². The van der Waals surface area contributed by atoms with E-state index >= 15 is 0 Å². The average molecular weight is 1960 g/mol. The van der Waals surface area contributed by atoms with E-state index in [-0.39, 0.29) is 293 Å². The van der Waals surface area contributed by atoms with Gasteiger partial charge in [0, 0.05) is 133 Å². The SMILES string of the molecule is C.C.C.C.CC(=O)N1CCc2c(c(Br)nn2C(C)CO)C1.CC(C)(C)OC(=O)N1CCc2[nH]nc(Br)c2C1.CCOC(=O)C(C)Br.COCC(=O)C(C)n1nc(Br)c2c1CCN(C(=O)OC(C)(C)C)C2.COCC(=O)C(C)n1nc(Br)c2c1CCN(C(C)=O)C2.O=CO[O-].[B].[Cs+].[Cs+].[H-].[H-].[Na+]. The minimum absolute atomic E-state index is 0. The van der Waals surface area contributed by atoms with Crippen LogP contribution in [-0.2, 0) is 109 Å². The molecule has 3 radical (unpaired) electrons. The number of methoxy groups -OCH3 is 2. The van der Waals surface area contributed by atoms with Crippen LogP contribution in [0.3, 0.4) is 0 Å². The number of ether oxygens (including phenoxy) is 5. The smallest absolute Gasteiger partial charge is 1.00 e. The topological polar surface area (TPSA) is 330 Å². The molecule has 4 amide bonds. The Bertz CT molecular complexity index is 3130. The fraction of sp³-hybridized carbons (Fsp3) is 0.672. The summed E-state index contributed by atoms with van der Waals surface area (Å²) >= 11 is 16.7. The summed E-state index contributed by atoms with van der Waals surface area (Å²) in [5, 5.41) is 37.9. The molecular formula is C61H102BBr5Cs2N12NaO16. The fourth-order valence-corrected chi connectivity index (χ4v) is 11.3. The molecule has 543 valence electrons. The largest absolute Gasteiger partial charge is 1.00 e. The normalized spacial score (nSPS) is 14.0. The first-order valence-electron chi connectivity index (χ1n) is 28.7. The number of ketones is 2. The van der Waals surface area contributed by atoms with Crippen LogP contribution in [0.4, 0.5) is 9.59 Å². The maximum Gasteiger partial charge on any atom is 1.00 e. The summed E-state index contributed by atoms with van der Waals surface area (Å²) in [6, 6.07) is -0.795. The van der Waals surface area contributed by atoms with Crippen LogP contribution in [0.5, 0.6) is 0 Å². The summed E-state index contributed by atoms with van der Waals surface area (Å²) in [6.45, 7) is 28.5. The molecule has 4 aromatic rings. The molecule has 0 spiro atoms. The van der Waals surface area contributed by atoms with Gasteiger partial charge >= 0.3 is 186 Å². The molecule has 98 heavy (non-hydrogen) atoms. The summed E-state index contributed by atoms with van der Waals surface area (Å²) < 4.78 is 33.5. The van der Waals surface area contributed by atoms with E-state index in [1.807, 2.05) is 65.0 Å². The first-order chi connectivity index (χ1) is 42.1. The number of H-pyrrole nitrogens is 1. The molecule has 0 fully saturated rings. The number of aliphatic hydroxyl groups excluding tert-OH is 1. The Hall–Kier alpha value is 0.00883. The summed E-state index contributed by atoms with van der Waals surface area (Å²) in [6.07, 6.45) is 2.30. The van der Waals surface area contributed by atoms with E-state index in [1.165, 1.54) is 14.2 Å². The predicted molar refractivity (Wildman–Crippen MR) is 378 cm³/mol. The van der Waals surface area contributed by atoms with Crippen molar-refractivity contribution in [3.8, 4) is 0 Å². The third kappa shape index (κ3) is 34.3. The van der Waals surface area contributed by atoms with Gasteiger partial charge in [-0.3, -0.25) is 47.9 Å².